The zero-order chi connectivity index (χ0) is 16.4. The van der Waals surface area contributed by atoms with Gasteiger partial charge in [0.1, 0.15) is 5.69 Å². The highest BCUT2D eigenvalue weighted by Gasteiger charge is 2.11. The Morgan fingerprint density at radius 2 is 1.88 bits per heavy atom. The molecule has 0 atom stereocenters. The normalized spacial score (nSPS) is 10.8. The van der Waals surface area contributed by atoms with Crippen LogP contribution in [0.15, 0.2) is 66.0 Å². The number of amides is 1. The van der Waals surface area contributed by atoms with Gasteiger partial charge in [-0.15, -0.1) is 11.3 Å². The maximum atomic E-state index is 12.3. The number of nitrogens with one attached hydrogen (secondary N) is 2. The molecule has 24 heavy (non-hydrogen) atoms. The number of hydrogen-bond donors (Lipinski definition) is 2. The number of aromatic nitrogens is 2. The highest BCUT2D eigenvalue weighted by Crippen LogP contribution is 2.25. The lowest BCUT2D eigenvalue weighted by Crippen LogP contribution is -2.22. The lowest BCUT2D eigenvalue weighted by atomic mass is 10.1. The van der Waals surface area contributed by atoms with Gasteiger partial charge in [0.15, 0.2) is 0 Å². The molecule has 0 aliphatic carbocycles. The molecule has 0 aliphatic heterocycles. The second kappa shape index (κ2) is 6.29. The van der Waals surface area contributed by atoms with Gasteiger partial charge in [0, 0.05) is 16.8 Å². The first kappa shape index (κ1) is 14.7. The van der Waals surface area contributed by atoms with Crippen molar-refractivity contribution < 1.29 is 4.79 Å². The molecule has 4 aromatic rings. The van der Waals surface area contributed by atoms with Crippen LogP contribution < -0.4 is 5.32 Å². The number of hydrogen-bond acceptors (Lipinski definition) is 3. The molecule has 0 saturated carbocycles. The van der Waals surface area contributed by atoms with E-state index < -0.39 is 0 Å². The number of benzene rings is 2. The van der Waals surface area contributed by atoms with Gasteiger partial charge in [-0.05, 0) is 28.5 Å². The Morgan fingerprint density at radius 3 is 2.75 bits per heavy atom. The summed E-state index contributed by atoms with van der Waals surface area (Å²) >= 11 is 1.69. The first-order valence-electron chi connectivity index (χ1n) is 7.65. The number of aromatic amines is 1. The number of rotatable bonds is 4. The number of carbonyl (C=O) groups is 1. The quantitative estimate of drug-likeness (QED) is 0.587. The average Bonchev–Trinajstić information content (AvgIpc) is 3.28. The summed E-state index contributed by atoms with van der Waals surface area (Å²) in [6.07, 6.45) is 0. The number of nitrogens with zero attached hydrogens (tertiary/aromatic N) is 1. The van der Waals surface area contributed by atoms with E-state index in [1.165, 1.54) is 10.1 Å². The Kier molecular flexibility index (Phi) is 3.84. The van der Waals surface area contributed by atoms with Crippen molar-refractivity contribution in [3.05, 3.63) is 77.3 Å². The minimum absolute atomic E-state index is 0.153. The highest BCUT2D eigenvalue weighted by atomic mass is 32.1. The summed E-state index contributed by atoms with van der Waals surface area (Å²) in [6.45, 7) is 0.503. The van der Waals surface area contributed by atoms with Gasteiger partial charge in [-0.1, -0.05) is 48.5 Å². The predicted octanol–water partition coefficient (Wildman–Crippen LogP) is 4.22. The van der Waals surface area contributed by atoms with E-state index in [4.69, 9.17) is 0 Å². The third kappa shape index (κ3) is 2.81. The Morgan fingerprint density at radius 1 is 1.08 bits per heavy atom. The fourth-order valence-corrected chi connectivity index (χ4v) is 3.60. The molecule has 2 aromatic heterocycles. The standard InChI is InChI=1S/C19H15N3OS/c23-19(17-10-16(21-22-17)13-6-2-1-3-7-13)20-11-14-12-24-18-9-5-4-8-15(14)18/h1-10,12H,11H2,(H,20,23)(H,21,22). The zero-order valence-corrected chi connectivity index (χ0v) is 13.6. The van der Waals surface area contributed by atoms with Crippen molar-refractivity contribution in [2.24, 2.45) is 0 Å². The van der Waals surface area contributed by atoms with Gasteiger partial charge < -0.3 is 5.32 Å². The SMILES string of the molecule is O=C(NCc1csc2ccccc12)c1cc(-c2ccccc2)n[nH]1. The number of carbonyl (C=O) groups excluding carboxylic acids is 1. The van der Waals surface area contributed by atoms with E-state index >= 15 is 0 Å². The zero-order valence-electron chi connectivity index (χ0n) is 12.8. The summed E-state index contributed by atoms with van der Waals surface area (Å²) in [5, 5.41) is 13.3. The molecule has 2 N–H and O–H groups in total. The van der Waals surface area contributed by atoms with Crippen LogP contribution in [0.2, 0.25) is 0 Å². The van der Waals surface area contributed by atoms with Gasteiger partial charge in [-0.25, -0.2) is 0 Å². The molecule has 5 heteroatoms. The third-order valence-corrected chi connectivity index (χ3v) is 4.90. The fourth-order valence-electron chi connectivity index (χ4n) is 2.64. The maximum Gasteiger partial charge on any atom is 0.269 e. The first-order chi connectivity index (χ1) is 11.8. The molecule has 2 heterocycles. The average molecular weight is 333 g/mol. The van der Waals surface area contributed by atoms with Crippen LogP contribution in [-0.4, -0.2) is 16.1 Å². The van der Waals surface area contributed by atoms with Crippen LogP contribution in [0.25, 0.3) is 21.3 Å². The summed E-state index contributed by atoms with van der Waals surface area (Å²) in [7, 11) is 0. The van der Waals surface area contributed by atoms with Crippen LogP contribution in [0.4, 0.5) is 0 Å². The molecule has 4 nitrogen and oxygen atoms in total. The number of H-pyrrole nitrogens is 1. The lowest BCUT2D eigenvalue weighted by molar-refractivity contribution is 0.0946. The van der Waals surface area contributed by atoms with Crippen molar-refractivity contribution in [2.45, 2.75) is 6.54 Å². The Balaban J connectivity index is 1.48. The molecule has 0 bridgehead atoms. The van der Waals surface area contributed by atoms with E-state index in [2.05, 4.69) is 33.0 Å². The summed E-state index contributed by atoms with van der Waals surface area (Å²) in [6, 6.07) is 19.8. The number of fused-ring (bicyclic) bond motifs is 1. The summed E-state index contributed by atoms with van der Waals surface area (Å²) < 4.78 is 1.23. The van der Waals surface area contributed by atoms with E-state index in [1.54, 1.807) is 17.4 Å². The van der Waals surface area contributed by atoms with Crippen molar-refractivity contribution >= 4 is 27.3 Å². The van der Waals surface area contributed by atoms with Crippen molar-refractivity contribution in [1.29, 1.82) is 0 Å². The largest absolute Gasteiger partial charge is 0.347 e. The Hall–Kier alpha value is -2.92. The maximum absolute atomic E-state index is 12.3. The minimum Gasteiger partial charge on any atom is -0.347 e. The van der Waals surface area contributed by atoms with Crippen LogP contribution in [0.3, 0.4) is 0 Å². The van der Waals surface area contributed by atoms with E-state index in [1.807, 2.05) is 42.5 Å². The second-order valence-corrected chi connectivity index (χ2v) is 6.38. The van der Waals surface area contributed by atoms with E-state index in [0.717, 1.165) is 16.8 Å². The first-order valence-corrected chi connectivity index (χ1v) is 8.53. The van der Waals surface area contributed by atoms with Crippen molar-refractivity contribution in [3.8, 4) is 11.3 Å². The molecule has 0 radical (unpaired) electrons. The fraction of sp³-hybridized carbons (Fsp3) is 0.0526. The molecule has 2 aromatic carbocycles. The molecular weight excluding hydrogens is 318 g/mol. The summed E-state index contributed by atoms with van der Waals surface area (Å²) in [5.41, 5.74) is 3.35. The molecule has 0 spiro atoms. The Bertz CT molecular complexity index is 988. The topological polar surface area (TPSA) is 57.8 Å². The lowest BCUT2D eigenvalue weighted by Gasteiger charge is -2.02. The van der Waals surface area contributed by atoms with E-state index in [9.17, 15) is 4.79 Å². The van der Waals surface area contributed by atoms with Crippen molar-refractivity contribution in [2.75, 3.05) is 0 Å². The van der Waals surface area contributed by atoms with Gasteiger partial charge in [0.05, 0.1) is 5.69 Å². The molecule has 0 unspecified atom stereocenters. The molecular formula is C19H15N3OS. The van der Waals surface area contributed by atoms with Crippen LogP contribution in [0.1, 0.15) is 16.1 Å². The third-order valence-electron chi connectivity index (χ3n) is 3.89. The van der Waals surface area contributed by atoms with Crippen LogP contribution in [-0.2, 0) is 6.54 Å². The van der Waals surface area contributed by atoms with Crippen LogP contribution in [0, 0.1) is 0 Å². The minimum atomic E-state index is -0.153. The van der Waals surface area contributed by atoms with Gasteiger partial charge in [-0.3, -0.25) is 9.89 Å². The summed E-state index contributed by atoms with van der Waals surface area (Å²) in [4.78, 5) is 12.3. The van der Waals surface area contributed by atoms with E-state index in [-0.39, 0.29) is 5.91 Å². The van der Waals surface area contributed by atoms with Gasteiger partial charge in [0.2, 0.25) is 0 Å². The Labute approximate surface area is 143 Å². The van der Waals surface area contributed by atoms with Gasteiger partial charge >= 0.3 is 0 Å². The van der Waals surface area contributed by atoms with Crippen LogP contribution in [0.5, 0.6) is 0 Å². The highest BCUT2D eigenvalue weighted by molar-refractivity contribution is 7.17. The van der Waals surface area contributed by atoms with Crippen molar-refractivity contribution in [3.63, 3.8) is 0 Å². The number of thiophene rings is 1. The smallest absolute Gasteiger partial charge is 0.269 e. The molecule has 0 saturated heterocycles. The molecule has 4 rings (SSSR count). The van der Waals surface area contributed by atoms with E-state index in [0.29, 0.717) is 12.2 Å². The van der Waals surface area contributed by atoms with Crippen LogP contribution >= 0.6 is 11.3 Å². The molecule has 1 amide bonds. The van der Waals surface area contributed by atoms with Gasteiger partial charge in [0.25, 0.3) is 5.91 Å². The molecule has 0 aliphatic rings. The second-order valence-electron chi connectivity index (χ2n) is 5.47. The predicted molar refractivity (Wildman–Crippen MR) is 97.0 cm³/mol. The van der Waals surface area contributed by atoms with Gasteiger partial charge in [-0.2, -0.15) is 5.10 Å². The molecule has 0 fully saturated rings. The summed E-state index contributed by atoms with van der Waals surface area (Å²) in [5.74, 6) is -0.153. The monoisotopic (exact) mass is 333 g/mol. The van der Waals surface area contributed by atoms with Crippen molar-refractivity contribution in [1.82, 2.24) is 15.5 Å². The molecule has 118 valence electrons.